The molecule has 1 saturated heterocycles. The van der Waals surface area contributed by atoms with Gasteiger partial charge in [-0.25, -0.2) is 13.9 Å². The van der Waals surface area contributed by atoms with Gasteiger partial charge in [-0.3, -0.25) is 9.11 Å². The predicted octanol–water partition coefficient (Wildman–Crippen LogP) is 0.652. The molecule has 1 fully saturated rings. The molecule has 0 bridgehead atoms. The zero-order valence-electron chi connectivity index (χ0n) is 15.5. The Morgan fingerprint density at radius 3 is 2.23 bits per heavy atom. The summed E-state index contributed by atoms with van der Waals surface area (Å²) in [7, 11) is 0. The van der Waals surface area contributed by atoms with Gasteiger partial charge >= 0.3 is 18.1 Å². The number of carboxylic acid groups (broad SMARTS) is 2. The molecule has 1 aromatic rings. The van der Waals surface area contributed by atoms with Crippen molar-refractivity contribution in [1.29, 1.82) is 0 Å². The zero-order valence-corrected chi connectivity index (χ0v) is 16.3. The summed E-state index contributed by atoms with van der Waals surface area (Å²) < 4.78 is 60.9. The third-order valence-corrected chi connectivity index (χ3v) is 4.61. The van der Waals surface area contributed by atoms with E-state index in [1.54, 1.807) is 0 Å². The lowest BCUT2D eigenvalue weighted by Gasteiger charge is -2.30. The number of hydrogen-bond donors (Lipinski definition) is 3. The average Bonchev–Trinajstić information content (AvgIpc) is 2.65. The number of rotatable bonds is 7. The number of phenols is 1. The molecule has 0 radical (unpaired) electrons. The molecule has 0 aromatic heterocycles. The molecule has 1 heterocycles. The minimum atomic E-state index is -5.08. The van der Waals surface area contributed by atoms with Crippen molar-refractivity contribution in [3.05, 3.63) is 29.3 Å². The number of hydrogen-bond acceptors (Lipinski definition) is 7. The largest absolute Gasteiger partial charge is 0.760 e. The summed E-state index contributed by atoms with van der Waals surface area (Å²) in [5.74, 6) is -4.36. The van der Waals surface area contributed by atoms with Gasteiger partial charge in [0, 0.05) is 44.0 Å². The number of benzene rings is 1. The molecule has 0 amide bonds. The van der Waals surface area contributed by atoms with E-state index in [1.165, 1.54) is 22.5 Å². The number of ether oxygens (including phenoxy) is 1. The molecule has 1 aromatic carbocycles. The van der Waals surface area contributed by atoms with Crippen molar-refractivity contribution >= 4 is 23.2 Å². The molecular formula is C16H20F3N2O8S-. The fraction of sp³-hybridized carbons (Fsp3) is 0.500. The van der Waals surface area contributed by atoms with Gasteiger partial charge in [-0.1, -0.05) is 6.07 Å². The Morgan fingerprint density at radius 1 is 1.23 bits per heavy atom. The highest BCUT2D eigenvalue weighted by atomic mass is 32.2. The predicted molar refractivity (Wildman–Crippen MR) is 95.3 cm³/mol. The molecule has 0 saturated carbocycles. The van der Waals surface area contributed by atoms with Gasteiger partial charge in [-0.05, 0) is 17.7 Å². The van der Waals surface area contributed by atoms with E-state index in [9.17, 15) is 31.8 Å². The highest BCUT2D eigenvalue weighted by Crippen LogP contribution is 2.20. The second kappa shape index (κ2) is 11.8. The monoisotopic (exact) mass is 457 g/mol. The number of aromatic hydroxyl groups is 1. The Hall–Kier alpha value is -2.26. The van der Waals surface area contributed by atoms with Crippen molar-refractivity contribution < 1.29 is 51.6 Å². The smallest absolute Gasteiger partial charge is 0.490 e. The highest BCUT2D eigenvalue weighted by molar-refractivity contribution is 7.76. The number of alkyl halides is 3. The molecule has 3 N–H and O–H groups in total. The fourth-order valence-electron chi connectivity index (χ4n) is 2.34. The van der Waals surface area contributed by atoms with Gasteiger partial charge in [-0.2, -0.15) is 13.2 Å². The molecule has 2 rings (SSSR count). The fourth-order valence-corrected chi connectivity index (χ4v) is 2.83. The van der Waals surface area contributed by atoms with Crippen molar-refractivity contribution in [2.45, 2.75) is 12.7 Å². The van der Waals surface area contributed by atoms with Crippen molar-refractivity contribution in [3.8, 4) is 5.75 Å². The Bertz CT molecular complexity index is 756. The standard InChI is InChI=1S/C14H20N2O6S.C2HF3O2/c17-13-9-11(1-2-12(13)14(18)19)10-16(23(20)21)4-3-15-5-7-22-8-6-15;3-2(4,5)1(6)7/h1-2,9,17H,3-8,10H2,(H,18,19)(H,20,21);(H,6,7)/p-1. The SMILES string of the molecule is O=C(O)C(F)(F)F.O=C(O)c1ccc(CN(CCN2CCOCC2)S(=O)[O-])cc1O. The van der Waals surface area contributed by atoms with E-state index in [4.69, 9.17) is 19.7 Å². The van der Waals surface area contributed by atoms with Crippen LogP contribution in [0.1, 0.15) is 15.9 Å². The summed E-state index contributed by atoms with van der Waals surface area (Å²) >= 11 is -2.40. The van der Waals surface area contributed by atoms with Crippen molar-refractivity contribution in [2.24, 2.45) is 0 Å². The van der Waals surface area contributed by atoms with Crippen LogP contribution in [0.15, 0.2) is 18.2 Å². The molecular weight excluding hydrogens is 437 g/mol. The molecule has 14 heteroatoms. The lowest BCUT2D eigenvalue weighted by molar-refractivity contribution is -0.192. The number of morpholine rings is 1. The molecule has 1 aliphatic rings. The third kappa shape index (κ3) is 9.04. The number of carboxylic acids is 2. The minimum Gasteiger partial charge on any atom is -0.760 e. The lowest BCUT2D eigenvalue weighted by Crippen LogP contribution is -2.41. The quantitative estimate of drug-likeness (QED) is 0.502. The number of carbonyl (C=O) groups is 2. The first-order chi connectivity index (χ1) is 13.9. The van der Waals surface area contributed by atoms with E-state index in [2.05, 4.69) is 4.90 Å². The Kier molecular flexibility index (Phi) is 10.1. The van der Waals surface area contributed by atoms with Crippen LogP contribution in [-0.2, 0) is 27.3 Å². The van der Waals surface area contributed by atoms with Gasteiger partial charge in [0.2, 0.25) is 0 Å². The van der Waals surface area contributed by atoms with Crippen LogP contribution in [-0.4, -0.2) is 90.8 Å². The second-order valence-electron chi connectivity index (χ2n) is 5.99. The van der Waals surface area contributed by atoms with E-state index in [-0.39, 0.29) is 17.9 Å². The van der Waals surface area contributed by atoms with Gasteiger partial charge < -0.3 is 24.6 Å². The van der Waals surface area contributed by atoms with Crippen molar-refractivity contribution in [1.82, 2.24) is 9.21 Å². The zero-order chi connectivity index (χ0) is 22.9. The lowest BCUT2D eigenvalue weighted by atomic mass is 10.1. The normalized spacial score (nSPS) is 15.9. The van der Waals surface area contributed by atoms with Crippen LogP contribution in [0.3, 0.4) is 0 Å². The van der Waals surface area contributed by atoms with Gasteiger partial charge in [0.25, 0.3) is 0 Å². The minimum absolute atomic E-state index is 0.0773. The Morgan fingerprint density at radius 2 is 1.80 bits per heavy atom. The molecule has 1 unspecified atom stereocenters. The maximum atomic E-state index is 11.4. The number of nitrogens with zero attached hydrogens (tertiary/aromatic N) is 2. The number of aliphatic carboxylic acids is 1. The van der Waals surface area contributed by atoms with Crippen LogP contribution in [0.25, 0.3) is 0 Å². The molecule has 1 aliphatic heterocycles. The van der Waals surface area contributed by atoms with Crippen LogP contribution >= 0.6 is 0 Å². The van der Waals surface area contributed by atoms with Gasteiger partial charge in [0.1, 0.15) is 11.3 Å². The van der Waals surface area contributed by atoms with Crippen LogP contribution in [0.5, 0.6) is 5.75 Å². The third-order valence-electron chi connectivity index (χ3n) is 3.87. The summed E-state index contributed by atoms with van der Waals surface area (Å²) in [6, 6.07) is 4.04. The summed E-state index contributed by atoms with van der Waals surface area (Å²) in [6.45, 7) is 3.82. The molecule has 170 valence electrons. The van der Waals surface area contributed by atoms with Gasteiger partial charge in [0.05, 0.1) is 13.2 Å². The average molecular weight is 457 g/mol. The number of aromatic carboxylic acids is 1. The first-order valence-electron chi connectivity index (χ1n) is 8.41. The van der Waals surface area contributed by atoms with Crippen molar-refractivity contribution in [3.63, 3.8) is 0 Å². The van der Waals surface area contributed by atoms with Gasteiger partial charge in [-0.15, -0.1) is 0 Å². The Balaban J connectivity index is 0.000000553. The summed E-state index contributed by atoms with van der Waals surface area (Å²) in [6.07, 6.45) is -5.08. The van der Waals surface area contributed by atoms with Crippen molar-refractivity contribution in [2.75, 3.05) is 39.4 Å². The maximum Gasteiger partial charge on any atom is 0.490 e. The molecule has 10 nitrogen and oxygen atoms in total. The van der Waals surface area contributed by atoms with E-state index < -0.39 is 29.4 Å². The van der Waals surface area contributed by atoms with Crippen LogP contribution in [0, 0.1) is 0 Å². The first-order valence-corrected chi connectivity index (χ1v) is 9.44. The first kappa shape index (κ1) is 25.8. The topological polar surface area (TPSA) is 151 Å². The molecule has 0 aliphatic carbocycles. The van der Waals surface area contributed by atoms with E-state index in [0.717, 1.165) is 13.1 Å². The highest BCUT2D eigenvalue weighted by Gasteiger charge is 2.38. The van der Waals surface area contributed by atoms with Gasteiger partial charge in [0.15, 0.2) is 0 Å². The Labute approximate surface area is 171 Å². The summed E-state index contributed by atoms with van der Waals surface area (Å²) in [4.78, 5) is 21.9. The van der Waals surface area contributed by atoms with E-state index in [0.29, 0.717) is 31.9 Å². The molecule has 1 atom stereocenters. The summed E-state index contributed by atoms with van der Waals surface area (Å²) in [5, 5.41) is 25.7. The van der Waals surface area contributed by atoms with Crippen LogP contribution < -0.4 is 0 Å². The van der Waals surface area contributed by atoms with E-state index >= 15 is 0 Å². The van der Waals surface area contributed by atoms with Crippen LogP contribution in [0.4, 0.5) is 13.2 Å². The number of halogens is 3. The maximum absolute atomic E-state index is 11.4. The molecule has 30 heavy (non-hydrogen) atoms. The second-order valence-corrected chi connectivity index (χ2v) is 6.94. The molecule has 0 spiro atoms. The van der Waals surface area contributed by atoms with E-state index in [1.807, 2.05) is 0 Å². The van der Waals surface area contributed by atoms with Crippen LogP contribution in [0.2, 0.25) is 0 Å². The summed E-state index contributed by atoms with van der Waals surface area (Å²) in [5.41, 5.74) is 0.315.